The molecule has 1 heterocycles. The van der Waals surface area contributed by atoms with E-state index < -0.39 is 0 Å². The van der Waals surface area contributed by atoms with Gasteiger partial charge in [0.25, 0.3) is 5.91 Å². The van der Waals surface area contributed by atoms with E-state index in [9.17, 15) is 4.79 Å². The molecule has 10 heavy (non-hydrogen) atoms. The summed E-state index contributed by atoms with van der Waals surface area (Å²) in [6.07, 6.45) is 2.65. The Morgan fingerprint density at radius 1 is 1.80 bits per heavy atom. The van der Waals surface area contributed by atoms with Crippen LogP contribution in [0.2, 0.25) is 0 Å². The maximum absolute atomic E-state index is 10.9. The van der Waals surface area contributed by atoms with Crippen LogP contribution in [-0.4, -0.2) is 22.6 Å². The molecule has 1 unspecified atom stereocenters. The highest BCUT2D eigenvalue weighted by Gasteiger charge is 2.12. The summed E-state index contributed by atoms with van der Waals surface area (Å²) in [5.41, 5.74) is 0. The number of carbonyl (C=O) groups is 1. The highest BCUT2D eigenvalue weighted by molar-refractivity contribution is 8.16. The summed E-state index contributed by atoms with van der Waals surface area (Å²) in [6, 6.07) is 0. The maximum atomic E-state index is 10.9. The van der Waals surface area contributed by atoms with Gasteiger partial charge >= 0.3 is 0 Å². The van der Waals surface area contributed by atoms with Crippen LogP contribution in [0.1, 0.15) is 13.3 Å². The van der Waals surface area contributed by atoms with Crippen LogP contribution in [-0.2, 0) is 4.79 Å². The summed E-state index contributed by atoms with van der Waals surface area (Å²) in [7, 11) is 1.81. The summed E-state index contributed by atoms with van der Waals surface area (Å²) >= 11 is 0. The van der Waals surface area contributed by atoms with Crippen LogP contribution < -0.4 is 0 Å². The minimum absolute atomic E-state index is 0.0239. The normalized spacial score (nSPS) is 24.8. The number of hydrogen-bond donors (Lipinski definition) is 0. The van der Waals surface area contributed by atoms with E-state index in [2.05, 4.69) is 12.3 Å². The van der Waals surface area contributed by atoms with Gasteiger partial charge in [0.1, 0.15) is 0 Å². The van der Waals surface area contributed by atoms with Crippen molar-refractivity contribution in [2.24, 2.45) is 0 Å². The Morgan fingerprint density at radius 3 is 2.90 bits per heavy atom. The average Bonchev–Trinajstić information content (AvgIpc) is 2.20. The quantitative estimate of drug-likeness (QED) is 0.526. The molecule has 1 aliphatic heterocycles. The predicted molar refractivity (Wildman–Crippen MR) is 45.9 cm³/mol. The van der Waals surface area contributed by atoms with E-state index in [0.29, 0.717) is 0 Å². The number of nitrogens with zero attached hydrogens (tertiary/aromatic N) is 1. The number of carbonyl (C=O) groups excluding carboxylic acids is 1. The Labute approximate surface area is 63.6 Å². The van der Waals surface area contributed by atoms with Gasteiger partial charge in [0, 0.05) is 13.1 Å². The van der Waals surface area contributed by atoms with Crippen LogP contribution in [0.4, 0.5) is 0 Å². The molecule has 2 nitrogen and oxygen atoms in total. The maximum Gasteiger partial charge on any atom is 0.256 e. The minimum Gasteiger partial charge on any atom is -0.289 e. The third-order valence-corrected chi connectivity index (χ3v) is 3.22. The lowest BCUT2D eigenvalue weighted by Crippen LogP contribution is -2.13. The highest BCUT2D eigenvalue weighted by Crippen LogP contribution is 2.24. The number of hydrogen-bond acceptors (Lipinski definition) is 1. The fraction of sp³-hybridized carbons (Fsp3) is 0.429. The first kappa shape index (κ1) is 7.54. The fourth-order valence-corrected chi connectivity index (χ4v) is 2.15. The molecule has 1 aliphatic rings. The molecule has 1 amide bonds. The summed E-state index contributed by atoms with van der Waals surface area (Å²) in [6.45, 7) is 2.08. The van der Waals surface area contributed by atoms with Crippen molar-refractivity contribution < 1.29 is 4.79 Å². The smallest absolute Gasteiger partial charge is 0.256 e. The van der Waals surface area contributed by atoms with Gasteiger partial charge in [-0.15, -0.1) is 0 Å². The first-order valence-corrected chi connectivity index (χ1v) is 4.57. The van der Waals surface area contributed by atoms with Gasteiger partial charge in [-0.25, -0.2) is 0 Å². The van der Waals surface area contributed by atoms with Gasteiger partial charge < -0.3 is 0 Å². The molecule has 0 saturated carbocycles. The molecular formula is C7H11NOS. The van der Waals surface area contributed by atoms with Crippen molar-refractivity contribution in [3.63, 3.8) is 0 Å². The van der Waals surface area contributed by atoms with Crippen molar-refractivity contribution >= 4 is 21.9 Å². The van der Waals surface area contributed by atoms with Crippen LogP contribution >= 0.6 is 10.7 Å². The van der Waals surface area contributed by atoms with E-state index in [1.54, 1.807) is 10.4 Å². The number of rotatable bonds is 1. The van der Waals surface area contributed by atoms with Crippen molar-refractivity contribution in [2.75, 3.05) is 7.05 Å². The van der Waals surface area contributed by atoms with Gasteiger partial charge in [-0.05, 0) is 17.2 Å². The first-order valence-electron chi connectivity index (χ1n) is 3.27. The van der Waals surface area contributed by atoms with Gasteiger partial charge in [-0.1, -0.05) is 17.6 Å². The second kappa shape index (κ2) is 3.01. The zero-order chi connectivity index (χ0) is 7.56. The topological polar surface area (TPSA) is 20.3 Å². The van der Waals surface area contributed by atoms with Crippen LogP contribution in [0.15, 0.2) is 11.5 Å². The lowest BCUT2D eigenvalue weighted by atomic mass is 10.6. The van der Waals surface area contributed by atoms with Crippen molar-refractivity contribution in [1.29, 1.82) is 0 Å². The lowest BCUT2D eigenvalue weighted by molar-refractivity contribution is -0.120. The molecule has 3 heteroatoms. The monoisotopic (exact) mass is 157 g/mol. The van der Waals surface area contributed by atoms with E-state index in [0.717, 1.165) is 6.42 Å². The SMILES string of the molecule is CCC=S1C=CC(=O)N1C. The Hall–Kier alpha value is -0.570. The van der Waals surface area contributed by atoms with Crippen molar-refractivity contribution in [2.45, 2.75) is 13.3 Å². The molecule has 0 radical (unpaired) electrons. The van der Waals surface area contributed by atoms with E-state index in [4.69, 9.17) is 0 Å². The molecule has 0 fully saturated rings. The summed E-state index contributed by atoms with van der Waals surface area (Å²) in [4.78, 5) is 10.9. The van der Waals surface area contributed by atoms with E-state index >= 15 is 0 Å². The summed E-state index contributed by atoms with van der Waals surface area (Å²) in [5, 5.41) is 4.09. The molecule has 0 aromatic heterocycles. The fourth-order valence-electron chi connectivity index (χ4n) is 0.766. The van der Waals surface area contributed by atoms with Crippen molar-refractivity contribution in [3.8, 4) is 0 Å². The first-order chi connectivity index (χ1) is 4.75. The molecule has 0 N–H and O–H groups in total. The molecular weight excluding hydrogens is 146 g/mol. The predicted octanol–water partition coefficient (Wildman–Crippen LogP) is 1.37. The molecule has 56 valence electrons. The largest absolute Gasteiger partial charge is 0.289 e. The molecule has 0 aromatic carbocycles. The van der Waals surface area contributed by atoms with E-state index in [-0.39, 0.29) is 16.6 Å². The Bertz CT molecular complexity index is 208. The lowest BCUT2D eigenvalue weighted by Gasteiger charge is -2.10. The summed E-state index contributed by atoms with van der Waals surface area (Å²) in [5.74, 6) is 0.119. The van der Waals surface area contributed by atoms with Crippen molar-refractivity contribution in [3.05, 3.63) is 11.5 Å². The standard InChI is InChI=1S/C7H11NOS/c1-3-5-10-6-4-7(9)8(10)2/h4-6H,3H2,1-2H3. The molecule has 1 rings (SSSR count). The Balaban J connectivity index is 2.75. The van der Waals surface area contributed by atoms with Crippen LogP contribution in [0.3, 0.4) is 0 Å². The van der Waals surface area contributed by atoms with Gasteiger partial charge in [0.15, 0.2) is 0 Å². The third kappa shape index (κ3) is 1.29. The second-order valence-corrected chi connectivity index (χ2v) is 3.91. The number of likely N-dealkylation sites (N-methyl/N-ethyl adjacent to an activating group) is 1. The average molecular weight is 157 g/mol. The summed E-state index contributed by atoms with van der Waals surface area (Å²) < 4.78 is 1.75. The zero-order valence-corrected chi connectivity index (χ0v) is 7.02. The van der Waals surface area contributed by atoms with Crippen LogP contribution in [0, 0.1) is 0 Å². The second-order valence-electron chi connectivity index (χ2n) is 2.06. The van der Waals surface area contributed by atoms with Gasteiger partial charge in [0.2, 0.25) is 0 Å². The molecule has 1 atom stereocenters. The Morgan fingerprint density at radius 2 is 2.50 bits per heavy atom. The van der Waals surface area contributed by atoms with Crippen LogP contribution in [0.25, 0.3) is 0 Å². The van der Waals surface area contributed by atoms with E-state index in [1.807, 2.05) is 12.5 Å². The molecule has 0 aromatic rings. The number of amides is 1. The van der Waals surface area contributed by atoms with Gasteiger partial charge in [-0.2, -0.15) is 0 Å². The van der Waals surface area contributed by atoms with E-state index in [1.165, 1.54) is 0 Å². The minimum atomic E-state index is -0.0239. The van der Waals surface area contributed by atoms with Gasteiger partial charge in [0.05, 0.1) is 0 Å². The Kier molecular flexibility index (Phi) is 2.27. The van der Waals surface area contributed by atoms with Crippen molar-refractivity contribution in [1.82, 2.24) is 4.31 Å². The zero-order valence-electron chi connectivity index (χ0n) is 6.20. The third-order valence-electron chi connectivity index (χ3n) is 1.31. The molecule has 0 aliphatic carbocycles. The molecule has 0 bridgehead atoms. The highest BCUT2D eigenvalue weighted by atomic mass is 32.2. The van der Waals surface area contributed by atoms with Crippen LogP contribution in [0.5, 0.6) is 0 Å². The van der Waals surface area contributed by atoms with Gasteiger partial charge in [-0.3, -0.25) is 9.10 Å². The molecule has 0 spiro atoms. The molecule has 0 saturated heterocycles.